The smallest absolute Gasteiger partial charge is 0.222 e. The fourth-order valence-corrected chi connectivity index (χ4v) is 2.18. The second-order valence-corrected chi connectivity index (χ2v) is 5.50. The van der Waals surface area contributed by atoms with Crippen molar-refractivity contribution in [1.29, 1.82) is 0 Å². The van der Waals surface area contributed by atoms with E-state index in [1.165, 1.54) is 0 Å². The molecule has 18 heavy (non-hydrogen) atoms. The third-order valence-electron chi connectivity index (χ3n) is 3.46. The van der Waals surface area contributed by atoms with E-state index in [4.69, 9.17) is 5.11 Å². The summed E-state index contributed by atoms with van der Waals surface area (Å²) in [6.45, 7) is 11.7. The van der Waals surface area contributed by atoms with Gasteiger partial charge in [0.2, 0.25) is 5.95 Å². The van der Waals surface area contributed by atoms with E-state index in [0.29, 0.717) is 23.7 Å². The van der Waals surface area contributed by atoms with E-state index in [9.17, 15) is 0 Å². The highest BCUT2D eigenvalue weighted by molar-refractivity contribution is 5.28. The van der Waals surface area contributed by atoms with Gasteiger partial charge in [0.25, 0.3) is 0 Å². The van der Waals surface area contributed by atoms with Gasteiger partial charge in [0.05, 0.1) is 6.61 Å². The number of aromatic nitrogens is 2. The average molecular weight is 251 g/mol. The van der Waals surface area contributed by atoms with Gasteiger partial charge in [-0.15, -0.1) is 0 Å². The zero-order valence-corrected chi connectivity index (χ0v) is 12.1. The van der Waals surface area contributed by atoms with E-state index in [2.05, 4.69) is 43.0 Å². The van der Waals surface area contributed by atoms with Gasteiger partial charge in [0.15, 0.2) is 0 Å². The molecule has 1 heterocycles. The van der Waals surface area contributed by atoms with Crippen LogP contribution in [0.3, 0.4) is 0 Å². The zero-order chi connectivity index (χ0) is 13.7. The lowest BCUT2D eigenvalue weighted by Gasteiger charge is -2.25. The Labute approximate surface area is 110 Å². The van der Waals surface area contributed by atoms with Crippen molar-refractivity contribution in [3.8, 4) is 0 Å². The van der Waals surface area contributed by atoms with Crippen LogP contribution in [0.4, 0.5) is 5.95 Å². The molecule has 0 fully saturated rings. The maximum absolute atomic E-state index is 9.07. The summed E-state index contributed by atoms with van der Waals surface area (Å²) in [5.74, 6) is 2.52. The molecule has 1 rings (SSSR count). The van der Waals surface area contributed by atoms with Gasteiger partial charge >= 0.3 is 0 Å². The number of nitrogens with zero attached hydrogens (tertiary/aromatic N) is 2. The van der Waals surface area contributed by atoms with Gasteiger partial charge in [0, 0.05) is 24.0 Å². The molecular formula is C14H25N3O. The van der Waals surface area contributed by atoms with E-state index in [1.54, 1.807) is 6.20 Å². The first-order chi connectivity index (χ1) is 8.45. The summed E-state index contributed by atoms with van der Waals surface area (Å²) in [5.41, 5.74) is 1.62. The fraction of sp³-hybridized carbons (Fsp3) is 0.714. The standard InChI is InChI=1S/C14H25N3O/c1-9(2)13(10(3)4)7-16-14-15-6-12(8-18)11(5)17-14/h6,9-10,13,18H,7-8H2,1-5H3,(H,15,16,17). The van der Waals surface area contributed by atoms with E-state index in [0.717, 1.165) is 17.8 Å². The quantitative estimate of drug-likeness (QED) is 0.816. The summed E-state index contributed by atoms with van der Waals surface area (Å²) in [4.78, 5) is 8.57. The van der Waals surface area contributed by atoms with E-state index in [1.807, 2.05) is 6.92 Å². The molecular weight excluding hydrogens is 226 g/mol. The monoisotopic (exact) mass is 251 g/mol. The largest absolute Gasteiger partial charge is 0.392 e. The highest BCUT2D eigenvalue weighted by atomic mass is 16.3. The van der Waals surface area contributed by atoms with Crippen LogP contribution < -0.4 is 5.32 Å². The van der Waals surface area contributed by atoms with Crippen molar-refractivity contribution in [2.24, 2.45) is 17.8 Å². The number of rotatable bonds is 6. The zero-order valence-electron chi connectivity index (χ0n) is 12.1. The van der Waals surface area contributed by atoms with E-state index >= 15 is 0 Å². The van der Waals surface area contributed by atoms with Crippen LogP contribution in [0.15, 0.2) is 6.20 Å². The van der Waals surface area contributed by atoms with Crippen LogP contribution in [0.2, 0.25) is 0 Å². The number of hydrogen-bond donors (Lipinski definition) is 2. The summed E-state index contributed by atoms with van der Waals surface area (Å²) in [5, 5.41) is 12.4. The summed E-state index contributed by atoms with van der Waals surface area (Å²) in [6.07, 6.45) is 1.68. The van der Waals surface area contributed by atoms with Crippen molar-refractivity contribution in [2.45, 2.75) is 41.2 Å². The maximum Gasteiger partial charge on any atom is 0.222 e. The molecule has 0 amide bonds. The summed E-state index contributed by atoms with van der Waals surface area (Å²) >= 11 is 0. The SMILES string of the molecule is Cc1nc(NCC(C(C)C)C(C)C)ncc1CO. The average Bonchev–Trinajstić information content (AvgIpc) is 2.28. The van der Waals surface area contributed by atoms with Gasteiger partial charge < -0.3 is 10.4 Å². The Morgan fingerprint density at radius 3 is 2.28 bits per heavy atom. The van der Waals surface area contributed by atoms with Crippen molar-refractivity contribution < 1.29 is 5.11 Å². The lowest BCUT2D eigenvalue weighted by molar-refractivity contribution is 0.280. The highest BCUT2D eigenvalue weighted by Gasteiger charge is 2.17. The molecule has 0 aliphatic heterocycles. The Hall–Kier alpha value is -1.16. The second kappa shape index (κ2) is 6.69. The number of aliphatic hydroxyl groups is 1. The molecule has 0 aliphatic carbocycles. The molecule has 0 atom stereocenters. The normalized spacial score (nSPS) is 11.6. The van der Waals surface area contributed by atoms with E-state index < -0.39 is 0 Å². The van der Waals surface area contributed by atoms with Gasteiger partial charge in [-0.25, -0.2) is 9.97 Å². The Balaban J connectivity index is 2.65. The molecule has 0 spiro atoms. The molecule has 1 aromatic rings. The van der Waals surface area contributed by atoms with Crippen molar-refractivity contribution in [3.63, 3.8) is 0 Å². The lowest BCUT2D eigenvalue weighted by atomic mass is 9.85. The molecule has 1 aromatic heterocycles. The predicted octanol–water partition coefficient (Wildman–Crippen LogP) is 2.62. The van der Waals surface area contributed by atoms with Crippen LogP contribution >= 0.6 is 0 Å². The number of aliphatic hydroxyl groups excluding tert-OH is 1. The Morgan fingerprint density at radius 2 is 1.83 bits per heavy atom. The van der Waals surface area contributed by atoms with Crippen LogP contribution in [0.5, 0.6) is 0 Å². The van der Waals surface area contributed by atoms with Crippen LogP contribution in [-0.2, 0) is 6.61 Å². The maximum atomic E-state index is 9.07. The topological polar surface area (TPSA) is 58.0 Å². The number of nitrogens with one attached hydrogen (secondary N) is 1. The number of anilines is 1. The molecule has 0 saturated heterocycles. The summed E-state index contributed by atoms with van der Waals surface area (Å²) in [7, 11) is 0. The van der Waals surface area contributed by atoms with Gasteiger partial charge in [-0.3, -0.25) is 0 Å². The Bertz CT molecular complexity index is 369. The third-order valence-corrected chi connectivity index (χ3v) is 3.46. The lowest BCUT2D eigenvalue weighted by Crippen LogP contribution is -2.25. The molecule has 0 saturated carbocycles. The predicted molar refractivity (Wildman–Crippen MR) is 74.3 cm³/mol. The molecule has 0 aliphatic rings. The molecule has 0 bridgehead atoms. The van der Waals surface area contributed by atoms with Crippen molar-refractivity contribution in [1.82, 2.24) is 9.97 Å². The first-order valence-electron chi connectivity index (χ1n) is 6.63. The van der Waals surface area contributed by atoms with Crippen LogP contribution in [0.1, 0.15) is 39.0 Å². The molecule has 0 unspecified atom stereocenters. The van der Waals surface area contributed by atoms with Crippen molar-refractivity contribution in [2.75, 3.05) is 11.9 Å². The molecule has 4 nitrogen and oxygen atoms in total. The van der Waals surface area contributed by atoms with Crippen molar-refractivity contribution in [3.05, 3.63) is 17.5 Å². The van der Waals surface area contributed by atoms with Gasteiger partial charge in [0.1, 0.15) is 0 Å². The minimum Gasteiger partial charge on any atom is -0.392 e. The minimum absolute atomic E-state index is 0.00722. The third kappa shape index (κ3) is 3.95. The molecule has 0 radical (unpaired) electrons. The van der Waals surface area contributed by atoms with Crippen LogP contribution in [-0.4, -0.2) is 21.6 Å². The van der Waals surface area contributed by atoms with Crippen LogP contribution in [0.25, 0.3) is 0 Å². The Morgan fingerprint density at radius 1 is 1.22 bits per heavy atom. The van der Waals surface area contributed by atoms with Crippen LogP contribution in [0, 0.1) is 24.7 Å². The summed E-state index contributed by atoms with van der Waals surface area (Å²) < 4.78 is 0. The fourth-order valence-electron chi connectivity index (χ4n) is 2.18. The number of hydrogen-bond acceptors (Lipinski definition) is 4. The van der Waals surface area contributed by atoms with Gasteiger partial charge in [-0.1, -0.05) is 27.7 Å². The van der Waals surface area contributed by atoms with Gasteiger partial charge in [-0.05, 0) is 24.7 Å². The first-order valence-corrected chi connectivity index (χ1v) is 6.63. The summed E-state index contributed by atoms with van der Waals surface area (Å²) in [6, 6.07) is 0. The molecule has 2 N–H and O–H groups in total. The minimum atomic E-state index is -0.00722. The first kappa shape index (κ1) is 14.9. The molecule has 102 valence electrons. The van der Waals surface area contributed by atoms with Crippen molar-refractivity contribution >= 4 is 5.95 Å². The highest BCUT2D eigenvalue weighted by Crippen LogP contribution is 2.20. The second-order valence-electron chi connectivity index (χ2n) is 5.50. The molecule has 4 heteroatoms. The molecule has 0 aromatic carbocycles. The van der Waals surface area contributed by atoms with E-state index in [-0.39, 0.29) is 6.61 Å². The van der Waals surface area contributed by atoms with Gasteiger partial charge in [-0.2, -0.15) is 0 Å². The Kier molecular flexibility index (Phi) is 5.54. The number of aryl methyl sites for hydroxylation is 1.